The van der Waals surface area contributed by atoms with Crippen LogP contribution in [0.5, 0.6) is 5.75 Å². The van der Waals surface area contributed by atoms with Gasteiger partial charge >= 0.3 is 0 Å². The average Bonchev–Trinajstić information content (AvgIpc) is 2.37. The molecule has 0 aliphatic carbocycles. The summed E-state index contributed by atoms with van der Waals surface area (Å²) in [5.74, 6) is 1.08. The molecule has 0 radical (unpaired) electrons. The molecule has 2 rings (SSSR count). The molecule has 1 atom stereocenters. The second-order valence-electron chi connectivity index (χ2n) is 4.26. The molecule has 4 nitrogen and oxygen atoms in total. The zero-order valence-corrected chi connectivity index (χ0v) is 10.6. The summed E-state index contributed by atoms with van der Waals surface area (Å²) < 4.78 is 0. The Morgan fingerprint density at radius 3 is 2.78 bits per heavy atom. The number of nitrogens with zero attached hydrogens (tertiary/aromatic N) is 2. The summed E-state index contributed by atoms with van der Waals surface area (Å²) in [5.41, 5.74) is 1.84. The van der Waals surface area contributed by atoms with Crippen molar-refractivity contribution in [3.63, 3.8) is 0 Å². The van der Waals surface area contributed by atoms with Crippen LogP contribution in [0.1, 0.15) is 30.0 Å². The lowest BCUT2D eigenvalue weighted by molar-refractivity contribution is 0.451. The molecule has 2 aromatic rings. The lowest BCUT2D eigenvalue weighted by Crippen LogP contribution is -2.19. The van der Waals surface area contributed by atoms with E-state index < -0.39 is 0 Å². The Kier molecular flexibility index (Phi) is 3.89. The highest BCUT2D eigenvalue weighted by Gasteiger charge is 2.09. The fourth-order valence-corrected chi connectivity index (χ4v) is 1.82. The normalized spacial score (nSPS) is 12.3. The first kappa shape index (κ1) is 12.5. The number of benzene rings is 1. The molecule has 1 unspecified atom stereocenters. The summed E-state index contributed by atoms with van der Waals surface area (Å²) in [6.45, 7) is 4.54. The maximum absolute atomic E-state index is 9.76. The molecule has 0 aliphatic rings. The van der Waals surface area contributed by atoms with Gasteiger partial charge < -0.3 is 10.4 Å². The van der Waals surface area contributed by atoms with Crippen LogP contribution in [-0.4, -0.2) is 15.1 Å². The van der Waals surface area contributed by atoms with Gasteiger partial charge in [-0.15, -0.1) is 0 Å². The van der Waals surface area contributed by atoms with Crippen LogP contribution in [0.2, 0.25) is 0 Å². The highest BCUT2D eigenvalue weighted by molar-refractivity contribution is 5.34. The first-order valence-electron chi connectivity index (χ1n) is 5.96. The van der Waals surface area contributed by atoms with E-state index in [2.05, 4.69) is 15.3 Å². The van der Waals surface area contributed by atoms with Gasteiger partial charge in [0.25, 0.3) is 0 Å². The van der Waals surface area contributed by atoms with Crippen molar-refractivity contribution in [3.8, 4) is 5.75 Å². The fourth-order valence-electron chi connectivity index (χ4n) is 1.82. The molecule has 94 valence electrons. The Morgan fingerprint density at radius 1 is 1.28 bits per heavy atom. The third kappa shape index (κ3) is 3.05. The zero-order chi connectivity index (χ0) is 13.0. The van der Waals surface area contributed by atoms with Gasteiger partial charge in [0.15, 0.2) is 0 Å². The minimum absolute atomic E-state index is 0.0708. The van der Waals surface area contributed by atoms with Gasteiger partial charge in [0, 0.05) is 24.3 Å². The molecular weight excluding hydrogens is 226 g/mol. The van der Waals surface area contributed by atoms with Crippen molar-refractivity contribution in [2.75, 3.05) is 0 Å². The average molecular weight is 243 g/mol. The lowest BCUT2D eigenvalue weighted by atomic mass is 10.1. The smallest absolute Gasteiger partial charge is 0.125 e. The second-order valence-corrected chi connectivity index (χ2v) is 4.26. The number of aromatic hydroxyl groups is 1. The third-order valence-electron chi connectivity index (χ3n) is 2.83. The van der Waals surface area contributed by atoms with Gasteiger partial charge in [0.1, 0.15) is 11.6 Å². The van der Waals surface area contributed by atoms with E-state index in [0.717, 1.165) is 17.1 Å². The molecule has 0 saturated heterocycles. The predicted octanol–water partition coefficient (Wildman–Crippen LogP) is 2.34. The SMILES string of the molecule is Cc1nccc(CNC(C)c2ccccc2O)n1. The largest absolute Gasteiger partial charge is 0.508 e. The van der Waals surface area contributed by atoms with Gasteiger partial charge in [-0.25, -0.2) is 9.97 Å². The molecule has 1 aromatic carbocycles. The maximum atomic E-state index is 9.76. The monoisotopic (exact) mass is 243 g/mol. The van der Waals surface area contributed by atoms with Crippen LogP contribution in [0.3, 0.4) is 0 Å². The van der Waals surface area contributed by atoms with Crippen molar-refractivity contribution in [3.05, 3.63) is 53.6 Å². The van der Waals surface area contributed by atoms with Crippen LogP contribution >= 0.6 is 0 Å². The summed E-state index contributed by atoms with van der Waals surface area (Å²) in [6.07, 6.45) is 1.75. The molecule has 1 aromatic heterocycles. The summed E-state index contributed by atoms with van der Waals surface area (Å²) in [4.78, 5) is 8.39. The van der Waals surface area contributed by atoms with Crippen molar-refractivity contribution in [1.82, 2.24) is 15.3 Å². The molecule has 1 heterocycles. The van der Waals surface area contributed by atoms with Crippen molar-refractivity contribution in [1.29, 1.82) is 0 Å². The maximum Gasteiger partial charge on any atom is 0.125 e. The van der Waals surface area contributed by atoms with E-state index in [4.69, 9.17) is 0 Å². The van der Waals surface area contributed by atoms with Crippen LogP contribution in [0.15, 0.2) is 36.5 Å². The number of aryl methyl sites for hydroxylation is 1. The number of hydrogen-bond acceptors (Lipinski definition) is 4. The summed E-state index contributed by atoms with van der Waals surface area (Å²) in [6, 6.07) is 9.31. The highest BCUT2D eigenvalue weighted by Crippen LogP contribution is 2.23. The number of nitrogens with one attached hydrogen (secondary N) is 1. The quantitative estimate of drug-likeness (QED) is 0.865. The van der Waals surface area contributed by atoms with E-state index in [-0.39, 0.29) is 6.04 Å². The predicted molar refractivity (Wildman–Crippen MR) is 70.1 cm³/mol. The summed E-state index contributed by atoms with van der Waals surface area (Å²) >= 11 is 0. The number of hydrogen-bond donors (Lipinski definition) is 2. The van der Waals surface area contributed by atoms with Crippen LogP contribution in [0, 0.1) is 6.92 Å². The molecule has 0 bridgehead atoms. The van der Waals surface area contributed by atoms with Crippen LogP contribution < -0.4 is 5.32 Å². The van der Waals surface area contributed by atoms with Crippen molar-refractivity contribution in [2.24, 2.45) is 0 Å². The Hall–Kier alpha value is -1.94. The molecule has 0 fully saturated rings. The molecule has 4 heteroatoms. The van der Waals surface area contributed by atoms with Gasteiger partial charge in [0.2, 0.25) is 0 Å². The zero-order valence-electron chi connectivity index (χ0n) is 10.6. The van der Waals surface area contributed by atoms with E-state index >= 15 is 0 Å². The minimum atomic E-state index is 0.0708. The highest BCUT2D eigenvalue weighted by atomic mass is 16.3. The van der Waals surface area contributed by atoms with Gasteiger partial charge in [-0.3, -0.25) is 0 Å². The van der Waals surface area contributed by atoms with Gasteiger partial charge in [-0.2, -0.15) is 0 Å². The first-order valence-corrected chi connectivity index (χ1v) is 5.96. The minimum Gasteiger partial charge on any atom is -0.508 e. The van der Waals surface area contributed by atoms with E-state index in [1.54, 1.807) is 12.3 Å². The first-order chi connectivity index (χ1) is 8.66. The molecule has 0 aliphatic heterocycles. The number of aromatic nitrogens is 2. The number of phenolic OH excluding ortho intramolecular Hbond substituents is 1. The third-order valence-corrected chi connectivity index (χ3v) is 2.83. The van der Waals surface area contributed by atoms with Crippen LogP contribution in [-0.2, 0) is 6.54 Å². The summed E-state index contributed by atoms with van der Waals surface area (Å²) in [7, 11) is 0. The molecular formula is C14H17N3O. The molecule has 0 amide bonds. The Balaban J connectivity index is 2.00. The number of rotatable bonds is 4. The molecule has 2 N–H and O–H groups in total. The summed E-state index contributed by atoms with van der Waals surface area (Å²) in [5, 5.41) is 13.1. The van der Waals surface area contributed by atoms with Crippen LogP contribution in [0.25, 0.3) is 0 Å². The molecule has 18 heavy (non-hydrogen) atoms. The Labute approximate surface area is 107 Å². The van der Waals surface area contributed by atoms with Crippen molar-refractivity contribution < 1.29 is 5.11 Å². The Bertz CT molecular complexity index is 528. The van der Waals surface area contributed by atoms with Gasteiger partial charge in [-0.05, 0) is 26.0 Å². The van der Waals surface area contributed by atoms with E-state index in [0.29, 0.717) is 12.3 Å². The number of phenols is 1. The molecule has 0 saturated carbocycles. The lowest BCUT2D eigenvalue weighted by Gasteiger charge is -2.15. The second kappa shape index (κ2) is 5.60. The van der Waals surface area contributed by atoms with E-state index in [1.807, 2.05) is 38.1 Å². The number of para-hydroxylation sites is 1. The standard InChI is InChI=1S/C14H17N3O/c1-10(13-5-3-4-6-14(13)18)16-9-12-7-8-15-11(2)17-12/h3-8,10,16,18H,9H2,1-2H3. The van der Waals surface area contributed by atoms with E-state index in [1.165, 1.54) is 0 Å². The van der Waals surface area contributed by atoms with Gasteiger partial charge in [-0.1, -0.05) is 18.2 Å². The molecule has 0 spiro atoms. The van der Waals surface area contributed by atoms with Crippen LogP contribution in [0.4, 0.5) is 0 Å². The van der Waals surface area contributed by atoms with Crippen molar-refractivity contribution >= 4 is 0 Å². The van der Waals surface area contributed by atoms with E-state index in [9.17, 15) is 5.11 Å². The van der Waals surface area contributed by atoms with Gasteiger partial charge in [0.05, 0.1) is 5.69 Å². The van der Waals surface area contributed by atoms with Crippen molar-refractivity contribution in [2.45, 2.75) is 26.4 Å². The topological polar surface area (TPSA) is 58.0 Å². The fraction of sp³-hybridized carbons (Fsp3) is 0.286. The Morgan fingerprint density at radius 2 is 2.06 bits per heavy atom.